The summed E-state index contributed by atoms with van der Waals surface area (Å²) < 4.78 is 24.1. The predicted molar refractivity (Wildman–Crippen MR) is 72.2 cm³/mol. The molecule has 0 bridgehead atoms. The fourth-order valence-corrected chi connectivity index (χ4v) is 2.04. The third kappa shape index (κ3) is 2.71. The second kappa shape index (κ2) is 5.57. The van der Waals surface area contributed by atoms with E-state index in [1.165, 1.54) is 19.2 Å². The molecule has 0 fully saturated rings. The lowest BCUT2D eigenvalue weighted by molar-refractivity contribution is 0.100. The lowest BCUT2D eigenvalue weighted by Crippen LogP contribution is -2.04. The number of carbonyl (C=O) groups is 1. The highest BCUT2D eigenvalue weighted by Crippen LogP contribution is 2.28. The highest BCUT2D eigenvalue weighted by molar-refractivity contribution is 9.10. The topological polar surface area (TPSA) is 39.4 Å². The van der Waals surface area contributed by atoms with E-state index < -0.39 is 5.82 Å². The quantitative estimate of drug-likeness (QED) is 0.798. The smallest absolute Gasteiger partial charge is 0.231 e. The number of carbonyl (C=O) groups excluding carboxylic acids is 1. The Labute approximate surface area is 118 Å². The molecule has 0 unspecified atom stereocenters. The number of benzene rings is 1. The van der Waals surface area contributed by atoms with Crippen LogP contribution in [0.15, 0.2) is 33.2 Å². The molecule has 0 N–H and O–H groups in total. The minimum absolute atomic E-state index is 0.181. The zero-order valence-electron chi connectivity index (χ0n) is 10.5. The first-order chi connectivity index (χ1) is 9.06. The van der Waals surface area contributed by atoms with Gasteiger partial charge in [-0.1, -0.05) is 6.92 Å². The number of furan rings is 1. The van der Waals surface area contributed by atoms with E-state index in [0.717, 1.165) is 5.76 Å². The van der Waals surface area contributed by atoms with Gasteiger partial charge in [-0.3, -0.25) is 4.79 Å². The second-order valence-electron chi connectivity index (χ2n) is 3.92. The maximum Gasteiger partial charge on any atom is 0.231 e. The van der Waals surface area contributed by atoms with Crippen LogP contribution in [-0.2, 0) is 6.42 Å². The van der Waals surface area contributed by atoms with Crippen LogP contribution in [0.3, 0.4) is 0 Å². The second-order valence-corrected chi connectivity index (χ2v) is 4.77. The molecule has 0 radical (unpaired) electrons. The van der Waals surface area contributed by atoms with Gasteiger partial charge in [-0.2, -0.15) is 0 Å². The van der Waals surface area contributed by atoms with Gasteiger partial charge >= 0.3 is 0 Å². The van der Waals surface area contributed by atoms with Gasteiger partial charge in [0.25, 0.3) is 0 Å². The number of aryl methyl sites for hydroxylation is 1. The van der Waals surface area contributed by atoms with Crippen LogP contribution in [-0.4, -0.2) is 12.9 Å². The highest BCUT2D eigenvalue weighted by Gasteiger charge is 2.20. The summed E-state index contributed by atoms with van der Waals surface area (Å²) in [4.78, 5) is 12.3. The van der Waals surface area contributed by atoms with Crippen LogP contribution in [0, 0.1) is 5.82 Å². The number of ether oxygens (including phenoxy) is 1. The molecule has 0 saturated heterocycles. The van der Waals surface area contributed by atoms with Crippen molar-refractivity contribution in [2.24, 2.45) is 0 Å². The standard InChI is InChI=1S/C14H12BrFO3/c1-3-8-4-5-12(19-8)14(17)9-6-10(15)11(16)7-13(9)18-2/h4-7H,3H2,1-2H3. The number of rotatable bonds is 4. The van der Waals surface area contributed by atoms with Gasteiger partial charge < -0.3 is 9.15 Å². The third-order valence-electron chi connectivity index (χ3n) is 2.72. The van der Waals surface area contributed by atoms with E-state index >= 15 is 0 Å². The van der Waals surface area contributed by atoms with Gasteiger partial charge in [0, 0.05) is 12.5 Å². The lowest BCUT2D eigenvalue weighted by Gasteiger charge is -2.07. The molecule has 0 saturated carbocycles. The summed E-state index contributed by atoms with van der Waals surface area (Å²) in [7, 11) is 1.39. The summed E-state index contributed by atoms with van der Waals surface area (Å²) in [5, 5.41) is 0. The van der Waals surface area contributed by atoms with Gasteiger partial charge in [0.2, 0.25) is 5.78 Å². The van der Waals surface area contributed by atoms with E-state index in [9.17, 15) is 9.18 Å². The summed E-state index contributed by atoms with van der Waals surface area (Å²) in [6.07, 6.45) is 0.706. The molecular formula is C14H12BrFO3. The van der Waals surface area contributed by atoms with E-state index in [0.29, 0.717) is 6.42 Å². The van der Waals surface area contributed by atoms with Crippen molar-refractivity contribution in [1.82, 2.24) is 0 Å². The Balaban J connectivity index is 2.45. The molecule has 1 aromatic carbocycles. The van der Waals surface area contributed by atoms with Gasteiger partial charge in [0.1, 0.15) is 17.3 Å². The summed E-state index contributed by atoms with van der Waals surface area (Å²) in [5.41, 5.74) is 0.257. The van der Waals surface area contributed by atoms with Crippen molar-refractivity contribution in [3.05, 3.63) is 51.6 Å². The minimum Gasteiger partial charge on any atom is -0.496 e. The van der Waals surface area contributed by atoms with Crippen molar-refractivity contribution < 1.29 is 18.3 Å². The molecule has 1 aromatic heterocycles. The monoisotopic (exact) mass is 326 g/mol. The molecule has 0 aliphatic carbocycles. The lowest BCUT2D eigenvalue weighted by atomic mass is 10.1. The van der Waals surface area contributed by atoms with Crippen molar-refractivity contribution in [3.63, 3.8) is 0 Å². The van der Waals surface area contributed by atoms with Crippen LogP contribution >= 0.6 is 15.9 Å². The van der Waals surface area contributed by atoms with Crippen LogP contribution in [0.2, 0.25) is 0 Å². The third-order valence-corrected chi connectivity index (χ3v) is 3.33. The first kappa shape index (κ1) is 13.8. The Hall–Kier alpha value is -1.62. The van der Waals surface area contributed by atoms with Crippen LogP contribution < -0.4 is 4.74 Å². The minimum atomic E-state index is -0.484. The SMILES string of the molecule is CCc1ccc(C(=O)c2cc(Br)c(F)cc2OC)o1. The molecule has 100 valence electrons. The van der Waals surface area contributed by atoms with E-state index in [1.807, 2.05) is 6.92 Å². The molecule has 0 aliphatic rings. The van der Waals surface area contributed by atoms with E-state index in [4.69, 9.17) is 9.15 Å². The van der Waals surface area contributed by atoms with Crippen LogP contribution in [0.4, 0.5) is 4.39 Å². The largest absolute Gasteiger partial charge is 0.496 e. The Bertz CT molecular complexity index is 619. The summed E-state index contributed by atoms with van der Waals surface area (Å²) in [6.45, 7) is 1.93. The molecule has 5 heteroatoms. The Morgan fingerprint density at radius 1 is 1.42 bits per heavy atom. The van der Waals surface area contributed by atoms with Crippen LogP contribution in [0.5, 0.6) is 5.75 Å². The van der Waals surface area contributed by atoms with Gasteiger partial charge in [0.15, 0.2) is 5.76 Å². The first-order valence-electron chi connectivity index (χ1n) is 5.73. The maximum absolute atomic E-state index is 13.4. The average molecular weight is 327 g/mol. The van der Waals surface area contributed by atoms with E-state index in [-0.39, 0.29) is 27.3 Å². The first-order valence-corrected chi connectivity index (χ1v) is 6.52. The van der Waals surface area contributed by atoms with Gasteiger partial charge in [-0.05, 0) is 34.1 Å². The number of hydrogen-bond acceptors (Lipinski definition) is 3. The number of halogens is 2. The molecule has 0 spiro atoms. The van der Waals surface area contributed by atoms with Gasteiger partial charge in [-0.15, -0.1) is 0 Å². The van der Waals surface area contributed by atoms with Crippen LogP contribution in [0.1, 0.15) is 28.8 Å². The van der Waals surface area contributed by atoms with Crippen molar-refractivity contribution >= 4 is 21.7 Å². The predicted octanol–water partition coefficient (Wildman–Crippen LogP) is 3.98. The van der Waals surface area contributed by atoms with Gasteiger partial charge in [-0.25, -0.2) is 4.39 Å². The number of ketones is 1. The van der Waals surface area contributed by atoms with E-state index in [1.54, 1.807) is 12.1 Å². The Morgan fingerprint density at radius 3 is 2.74 bits per heavy atom. The molecule has 3 nitrogen and oxygen atoms in total. The normalized spacial score (nSPS) is 10.5. The molecular weight excluding hydrogens is 315 g/mol. The molecule has 2 rings (SSSR count). The molecule has 2 aromatic rings. The maximum atomic E-state index is 13.4. The molecule has 0 aliphatic heterocycles. The Kier molecular flexibility index (Phi) is 4.04. The Morgan fingerprint density at radius 2 is 2.16 bits per heavy atom. The molecule has 1 heterocycles. The van der Waals surface area contributed by atoms with Crippen molar-refractivity contribution in [1.29, 1.82) is 0 Å². The fraction of sp³-hybridized carbons (Fsp3) is 0.214. The zero-order chi connectivity index (χ0) is 14.0. The van der Waals surface area contributed by atoms with Crippen molar-refractivity contribution in [3.8, 4) is 5.75 Å². The summed E-state index contributed by atoms with van der Waals surface area (Å²) >= 11 is 3.06. The average Bonchev–Trinajstić information content (AvgIpc) is 2.89. The fourth-order valence-electron chi connectivity index (χ4n) is 1.70. The molecule has 0 amide bonds. The summed E-state index contributed by atoms with van der Waals surface area (Å²) in [6, 6.07) is 5.92. The number of hydrogen-bond donors (Lipinski definition) is 0. The zero-order valence-corrected chi connectivity index (χ0v) is 12.1. The molecule has 0 atom stereocenters. The van der Waals surface area contributed by atoms with Gasteiger partial charge in [0.05, 0.1) is 17.1 Å². The van der Waals surface area contributed by atoms with Crippen LogP contribution in [0.25, 0.3) is 0 Å². The highest BCUT2D eigenvalue weighted by atomic mass is 79.9. The van der Waals surface area contributed by atoms with Crippen molar-refractivity contribution in [2.45, 2.75) is 13.3 Å². The molecule has 19 heavy (non-hydrogen) atoms. The van der Waals surface area contributed by atoms with Crippen molar-refractivity contribution in [2.75, 3.05) is 7.11 Å². The van der Waals surface area contributed by atoms with E-state index in [2.05, 4.69) is 15.9 Å². The number of methoxy groups -OCH3 is 1. The summed E-state index contributed by atoms with van der Waals surface area (Å²) in [5.74, 6) is 0.302.